The van der Waals surface area contributed by atoms with Gasteiger partial charge in [0.1, 0.15) is 5.76 Å². The van der Waals surface area contributed by atoms with Gasteiger partial charge in [-0.3, -0.25) is 0 Å². The second kappa shape index (κ2) is 14.7. The Morgan fingerprint density at radius 3 is 2.09 bits per heavy atom. The summed E-state index contributed by atoms with van der Waals surface area (Å²) in [5.41, 5.74) is 0. The van der Waals surface area contributed by atoms with E-state index < -0.39 is 0 Å². The Bertz CT molecular complexity index is 373. The monoisotopic (exact) mass is 302 g/mol. The van der Waals surface area contributed by atoms with Gasteiger partial charge in [0.25, 0.3) is 0 Å². The first-order valence-electron chi connectivity index (χ1n) is 9.27. The van der Waals surface area contributed by atoms with Crippen molar-refractivity contribution in [1.82, 2.24) is 0 Å². The summed E-state index contributed by atoms with van der Waals surface area (Å²) >= 11 is 0. The lowest BCUT2D eigenvalue weighted by Crippen LogP contribution is -1.81. The van der Waals surface area contributed by atoms with Crippen LogP contribution >= 0.6 is 0 Å². The summed E-state index contributed by atoms with van der Waals surface area (Å²) in [4.78, 5) is 0. The third-order valence-corrected chi connectivity index (χ3v) is 4.01. The van der Waals surface area contributed by atoms with Gasteiger partial charge < -0.3 is 4.42 Å². The van der Waals surface area contributed by atoms with Crippen LogP contribution in [0.3, 0.4) is 0 Å². The van der Waals surface area contributed by atoms with Crippen molar-refractivity contribution in [3.05, 3.63) is 48.5 Å². The van der Waals surface area contributed by atoms with Gasteiger partial charge in [-0.05, 0) is 25.0 Å². The molecule has 1 rings (SSSR count). The van der Waals surface area contributed by atoms with Crippen molar-refractivity contribution in [2.24, 2.45) is 0 Å². The number of furan rings is 1. The minimum absolute atomic E-state index is 0.885. The van der Waals surface area contributed by atoms with Gasteiger partial charge >= 0.3 is 0 Å². The van der Waals surface area contributed by atoms with Gasteiger partial charge in [-0.25, -0.2) is 0 Å². The number of hydrogen-bond acceptors (Lipinski definition) is 1. The molecule has 1 aromatic rings. The molecule has 0 N–H and O–H groups in total. The van der Waals surface area contributed by atoms with E-state index in [1.165, 1.54) is 70.6 Å². The van der Waals surface area contributed by atoms with Crippen molar-refractivity contribution in [3.63, 3.8) is 0 Å². The molecule has 0 saturated carbocycles. The van der Waals surface area contributed by atoms with Gasteiger partial charge in [-0.15, -0.1) is 0 Å². The molecule has 0 atom stereocenters. The fraction of sp³-hybridized carbons (Fsp3) is 0.619. The topological polar surface area (TPSA) is 13.1 Å². The van der Waals surface area contributed by atoms with Crippen molar-refractivity contribution >= 4 is 0 Å². The van der Waals surface area contributed by atoms with E-state index in [1.54, 1.807) is 6.26 Å². The van der Waals surface area contributed by atoms with E-state index in [1.807, 2.05) is 12.1 Å². The third-order valence-electron chi connectivity index (χ3n) is 4.01. The van der Waals surface area contributed by atoms with Crippen molar-refractivity contribution in [2.75, 3.05) is 0 Å². The van der Waals surface area contributed by atoms with Crippen LogP contribution in [0, 0.1) is 0 Å². The molecule has 0 amide bonds. The van der Waals surface area contributed by atoms with E-state index >= 15 is 0 Å². The van der Waals surface area contributed by atoms with Gasteiger partial charge in [-0.1, -0.05) is 89.0 Å². The molecule has 0 bridgehead atoms. The third kappa shape index (κ3) is 11.4. The first-order valence-corrected chi connectivity index (χ1v) is 9.27. The van der Waals surface area contributed by atoms with Gasteiger partial charge in [0, 0.05) is 6.42 Å². The van der Waals surface area contributed by atoms with Crippen LogP contribution < -0.4 is 0 Å². The molecule has 0 fully saturated rings. The zero-order valence-corrected chi connectivity index (χ0v) is 14.4. The van der Waals surface area contributed by atoms with E-state index in [0.29, 0.717) is 0 Å². The number of hydrogen-bond donors (Lipinski definition) is 0. The molecule has 0 aliphatic carbocycles. The summed E-state index contributed by atoms with van der Waals surface area (Å²) < 4.78 is 5.28. The Morgan fingerprint density at radius 2 is 1.45 bits per heavy atom. The highest BCUT2D eigenvalue weighted by molar-refractivity contribution is 5.08. The summed E-state index contributed by atoms with van der Waals surface area (Å²) in [6.07, 6.45) is 26.6. The molecular formula is C21H34O. The summed E-state index contributed by atoms with van der Waals surface area (Å²) in [5, 5.41) is 0. The van der Waals surface area contributed by atoms with Crippen LogP contribution in [0.4, 0.5) is 0 Å². The van der Waals surface area contributed by atoms with E-state index in [0.717, 1.165) is 12.2 Å². The normalized spacial score (nSPS) is 11.9. The van der Waals surface area contributed by atoms with E-state index in [9.17, 15) is 0 Å². The largest absolute Gasteiger partial charge is 0.469 e. The maximum atomic E-state index is 5.28. The van der Waals surface area contributed by atoms with Gasteiger partial charge in [0.15, 0.2) is 0 Å². The predicted octanol–water partition coefficient (Wildman–Crippen LogP) is 7.25. The molecule has 1 heterocycles. The van der Waals surface area contributed by atoms with Crippen molar-refractivity contribution < 1.29 is 4.42 Å². The number of allylic oxidation sites excluding steroid dienone is 4. The maximum absolute atomic E-state index is 5.28. The fourth-order valence-electron chi connectivity index (χ4n) is 2.62. The predicted molar refractivity (Wildman–Crippen MR) is 97.2 cm³/mol. The van der Waals surface area contributed by atoms with Gasteiger partial charge in [0.05, 0.1) is 6.26 Å². The van der Waals surface area contributed by atoms with Crippen LogP contribution in [0.5, 0.6) is 0 Å². The van der Waals surface area contributed by atoms with E-state index in [2.05, 4.69) is 31.2 Å². The van der Waals surface area contributed by atoms with Crippen LogP contribution in [-0.2, 0) is 6.42 Å². The van der Waals surface area contributed by atoms with Crippen molar-refractivity contribution in [1.29, 1.82) is 0 Å². The lowest BCUT2D eigenvalue weighted by molar-refractivity contribution is 0.523. The summed E-state index contributed by atoms with van der Waals surface area (Å²) in [6, 6.07) is 3.95. The molecule has 1 nitrogen and oxygen atoms in total. The first-order chi connectivity index (χ1) is 10.9. The Labute approximate surface area is 137 Å². The van der Waals surface area contributed by atoms with E-state index in [4.69, 9.17) is 4.42 Å². The second-order valence-corrected chi connectivity index (χ2v) is 6.11. The standard InChI is InChI=1S/C21H34O/c1-2-3-4-5-6-7-8-9-10-11-12-13-14-15-16-18-21-19-17-20-22-21/h13-17,19-20H,2-12,18H2,1H3. The SMILES string of the molecule is CCCCCCCCCCCCC=CC=CCc1ccco1. The minimum atomic E-state index is 0.885. The van der Waals surface area contributed by atoms with Crippen LogP contribution in [0.2, 0.25) is 0 Å². The smallest absolute Gasteiger partial charge is 0.107 e. The molecule has 0 spiro atoms. The van der Waals surface area contributed by atoms with Crippen molar-refractivity contribution in [2.45, 2.75) is 84.0 Å². The highest BCUT2D eigenvalue weighted by Gasteiger charge is 1.92. The molecule has 22 heavy (non-hydrogen) atoms. The summed E-state index contributed by atoms with van der Waals surface area (Å²) in [6.45, 7) is 2.28. The molecule has 1 aromatic heterocycles. The van der Waals surface area contributed by atoms with Crippen LogP contribution in [0.1, 0.15) is 83.3 Å². The average Bonchev–Trinajstić information content (AvgIpc) is 3.04. The molecule has 124 valence electrons. The molecule has 0 saturated heterocycles. The van der Waals surface area contributed by atoms with Gasteiger partial charge in [-0.2, -0.15) is 0 Å². The fourth-order valence-corrected chi connectivity index (χ4v) is 2.62. The zero-order valence-electron chi connectivity index (χ0n) is 14.4. The molecule has 0 unspecified atom stereocenters. The zero-order chi connectivity index (χ0) is 15.7. The molecule has 0 radical (unpaired) electrons. The average molecular weight is 303 g/mol. The van der Waals surface area contributed by atoms with E-state index in [-0.39, 0.29) is 0 Å². The quantitative estimate of drug-likeness (QED) is 0.260. The molecular weight excluding hydrogens is 268 g/mol. The Balaban J connectivity index is 1.81. The first kappa shape index (κ1) is 18.8. The van der Waals surface area contributed by atoms with Crippen LogP contribution in [0.15, 0.2) is 47.1 Å². The Kier molecular flexibility index (Phi) is 12.6. The minimum Gasteiger partial charge on any atom is -0.469 e. The lowest BCUT2D eigenvalue weighted by Gasteiger charge is -2.01. The Morgan fingerprint density at radius 1 is 0.818 bits per heavy atom. The van der Waals surface area contributed by atoms with Gasteiger partial charge in [0.2, 0.25) is 0 Å². The highest BCUT2D eigenvalue weighted by Crippen LogP contribution is 2.11. The van der Waals surface area contributed by atoms with Crippen LogP contribution in [-0.4, -0.2) is 0 Å². The number of rotatable bonds is 14. The maximum Gasteiger partial charge on any atom is 0.107 e. The second-order valence-electron chi connectivity index (χ2n) is 6.11. The lowest BCUT2D eigenvalue weighted by atomic mass is 10.1. The molecule has 1 heteroatoms. The van der Waals surface area contributed by atoms with Crippen LogP contribution in [0.25, 0.3) is 0 Å². The molecule has 0 aliphatic heterocycles. The molecule has 0 aromatic carbocycles. The Hall–Kier alpha value is -1.24. The summed E-state index contributed by atoms with van der Waals surface area (Å²) in [7, 11) is 0. The number of unbranched alkanes of at least 4 members (excludes halogenated alkanes) is 10. The molecule has 0 aliphatic rings. The van der Waals surface area contributed by atoms with Crippen molar-refractivity contribution in [3.8, 4) is 0 Å². The highest BCUT2D eigenvalue weighted by atomic mass is 16.3. The summed E-state index contributed by atoms with van der Waals surface area (Å²) in [5.74, 6) is 1.03.